The molecule has 1 rings (SSSR count). The lowest BCUT2D eigenvalue weighted by atomic mass is 10.1. The number of allylic oxidation sites excluding steroid dienone is 1. The molecule has 0 spiro atoms. The van der Waals surface area contributed by atoms with Crippen LogP contribution < -0.4 is 0 Å². The van der Waals surface area contributed by atoms with Crippen molar-refractivity contribution in [3.05, 3.63) is 47.4 Å². The molecular weight excluding hydrogens is 252 g/mol. The standard InChI is InChI=1S/C13H15F2N3O/c1-8(2)17-18-12(9(3)7-19)11-5-4-10(6-16-11)13(14)15/h4-6,13,19H,1,7H2,2-3H3/b12-9+,18-17-. The summed E-state index contributed by atoms with van der Waals surface area (Å²) in [6.45, 7) is 6.69. The third kappa shape index (κ3) is 4.33. The summed E-state index contributed by atoms with van der Waals surface area (Å²) in [6, 6.07) is 2.70. The Hall–Kier alpha value is -1.95. The molecule has 0 aromatic carbocycles. The van der Waals surface area contributed by atoms with Gasteiger partial charge in [-0.15, -0.1) is 5.11 Å². The van der Waals surface area contributed by atoms with E-state index in [4.69, 9.17) is 5.11 Å². The van der Waals surface area contributed by atoms with Gasteiger partial charge >= 0.3 is 0 Å². The molecule has 0 amide bonds. The van der Waals surface area contributed by atoms with Gasteiger partial charge in [-0.2, -0.15) is 5.11 Å². The van der Waals surface area contributed by atoms with Crippen LogP contribution in [0.25, 0.3) is 5.70 Å². The van der Waals surface area contributed by atoms with Gasteiger partial charge in [-0.25, -0.2) is 8.78 Å². The van der Waals surface area contributed by atoms with Gasteiger partial charge in [0.1, 0.15) is 5.70 Å². The lowest BCUT2D eigenvalue weighted by Crippen LogP contribution is -1.95. The highest BCUT2D eigenvalue weighted by molar-refractivity contribution is 5.64. The average Bonchev–Trinajstić information content (AvgIpc) is 2.38. The van der Waals surface area contributed by atoms with E-state index in [9.17, 15) is 8.78 Å². The molecular formula is C13H15F2N3O. The number of aliphatic hydroxyl groups is 1. The first kappa shape index (κ1) is 15.1. The van der Waals surface area contributed by atoms with Crippen molar-refractivity contribution < 1.29 is 13.9 Å². The molecule has 1 heterocycles. The van der Waals surface area contributed by atoms with E-state index in [1.54, 1.807) is 13.8 Å². The molecule has 0 fully saturated rings. The molecule has 6 heteroatoms. The van der Waals surface area contributed by atoms with Crippen molar-refractivity contribution in [2.45, 2.75) is 20.3 Å². The summed E-state index contributed by atoms with van der Waals surface area (Å²) in [4.78, 5) is 3.91. The molecule has 0 radical (unpaired) electrons. The summed E-state index contributed by atoms with van der Waals surface area (Å²) in [5, 5.41) is 16.9. The molecule has 1 aromatic rings. The maximum Gasteiger partial charge on any atom is 0.265 e. The Morgan fingerprint density at radius 1 is 1.37 bits per heavy atom. The highest BCUT2D eigenvalue weighted by Gasteiger charge is 2.10. The van der Waals surface area contributed by atoms with Crippen molar-refractivity contribution in [1.82, 2.24) is 4.98 Å². The molecule has 19 heavy (non-hydrogen) atoms. The van der Waals surface area contributed by atoms with Crippen LogP contribution in [-0.2, 0) is 0 Å². The van der Waals surface area contributed by atoms with Crippen LogP contribution in [0.3, 0.4) is 0 Å². The first-order valence-corrected chi connectivity index (χ1v) is 5.58. The zero-order chi connectivity index (χ0) is 14.4. The van der Waals surface area contributed by atoms with Gasteiger partial charge in [-0.1, -0.05) is 6.58 Å². The quantitative estimate of drug-likeness (QED) is 0.826. The Morgan fingerprint density at radius 2 is 2.05 bits per heavy atom. The molecule has 0 bridgehead atoms. The zero-order valence-electron chi connectivity index (χ0n) is 10.8. The molecule has 0 aliphatic heterocycles. The fourth-order valence-corrected chi connectivity index (χ4v) is 1.24. The van der Waals surface area contributed by atoms with Gasteiger partial charge in [-0.3, -0.25) is 4.98 Å². The Kier molecular flexibility index (Phi) is 5.44. The SMILES string of the molecule is C=C(C)/N=N\C(=C(/C)CO)c1ccc(C(F)F)cn1. The molecule has 0 atom stereocenters. The van der Waals surface area contributed by atoms with Gasteiger partial charge in [0.25, 0.3) is 6.43 Å². The number of nitrogens with zero attached hydrogens (tertiary/aromatic N) is 3. The van der Waals surface area contributed by atoms with Gasteiger partial charge in [-0.05, 0) is 31.6 Å². The lowest BCUT2D eigenvalue weighted by Gasteiger charge is -2.05. The van der Waals surface area contributed by atoms with Gasteiger partial charge < -0.3 is 5.11 Å². The molecule has 102 valence electrons. The highest BCUT2D eigenvalue weighted by Crippen LogP contribution is 2.23. The van der Waals surface area contributed by atoms with Crippen LogP contribution in [0.2, 0.25) is 0 Å². The second-order valence-corrected chi connectivity index (χ2v) is 4.00. The van der Waals surface area contributed by atoms with Crippen molar-refractivity contribution in [1.29, 1.82) is 0 Å². The Balaban J connectivity index is 3.16. The summed E-state index contributed by atoms with van der Waals surface area (Å²) < 4.78 is 24.9. The predicted molar refractivity (Wildman–Crippen MR) is 68.5 cm³/mol. The van der Waals surface area contributed by atoms with Crippen LogP contribution in [0, 0.1) is 0 Å². The number of halogens is 2. The topological polar surface area (TPSA) is 57.8 Å². The lowest BCUT2D eigenvalue weighted by molar-refractivity contribution is 0.151. The number of hydrogen-bond donors (Lipinski definition) is 1. The fourth-order valence-electron chi connectivity index (χ4n) is 1.24. The van der Waals surface area contributed by atoms with Gasteiger partial charge in [0, 0.05) is 11.8 Å². The molecule has 0 aliphatic carbocycles. The fraction of sp³-hybridized carbons (Fsp3) is 0.308. The smallest absolute Gasteiger partial charge is 0.265 e. The average molecular weight is 267 g/mol. The number of pyridine rings is 1. The number of aliphatic hydroxyl groups excluding tert-OH is 1. The molecule has 1 aromatic heterocycles. The first-order chi connectivity index (χ1) is 8.95. The molecule has 0 saturated carbocycles. The van der Waals surface area contributed by atoms with E-state index in [-0.39, 0.29) is 12.2 Å². The molecule has 4 nitrogen and oxygen atoms in total. The monoisotopic (exact) mass is 267 g/mol. The highest BCUT2D eigenvalue weighted by atomic mass is 19.3. The number of aromatic nitrogens is 1. The van der Waals surface area contributed by atoms with Crippen LogP contribution in [0.5, 0.6) is 0 Å². The van der Waals surface area contributed by atoms with E-state index in [2.05, 4.69) is 21.8 Å². The summed E-state index contributed by atoms with van der Waals surface area (Å²) >= 11 is 0. The predicted octanol–water partition coefficient (Wildman–Crippen LogP) is 3.73. The van der Waals surface area contributed by atoms with E-state index in [1.807, 2.05) is 0 Å². The van der Waals surface area contributed by atoms with Crippen LogP contribution in [0.4, 0.5) is 8.78 Å². The number of hydrogen-bond acceptors (Lipinski definition) is 4. The maximum absolute atomic E-state index is 12.4. The van der Waals surface area contributed by atoms with Crippen LogP contribution in [-0.4, -0.2) is 16.7 Å². The summed E-state index contributed by atoms with van der Waals surface area (Å²) in [5.41, 5.74) is 1.60. The van der Waals surface area contributed by atoms with Crippen LogP contribution >= 0.6 is 0 Å². The van der Waals surface area contributed by atoms with Gasteiger partial charge in [0.15, 0.2) is 0 Å². The van der Waals surface area contributed by atoms with Crippen LogP contribution in [0.15, 0.2) is 46.4 Å². The van der Waals surface area contributed by atoms with Gasteiger partial charge in [0.05, 0.1) is 18.0 Å². The molecule has 0 saturated heterocycles. The maximum atomic E-state index is 12.4. The largest absolute Gasteiger partial charge is 0.392 e. The minimum atomic E-state index is -2.56. The van der Waals surface area contributed by atoms with Crippen molar-refractivity contribution in [3.8, 4) is 0 Å². The second kappa shape index (κ2) is 6.84. The van der Waals surface area contributed by atoms with E-state index in [0.717, 1.165) is 6.20 Å². The second-order valence-electron chi connectivity index (χ2n) is 4.00. The third-order valence-electron chi connectivity index (χ3n) is 2.24. The zero-order valence-corrected chi connectivity index (χ0v) is 10.8. The van der Waals surface area contributed by atoms with Crippen molar-refractivity contribution >= 4 is 5.70 Å². The number of azo groups is 1. The molecule has 0 unspecified atom stereocenters. The van der Waals surface area contributed by atoms with Crippen LogP contribution in [0.1, 0.15) is 31.5 Å². The first-order valence-electron chi connectivity index (χ1n) is 5.58. The van der Waals surface area contributed by atoms with E-state index < -0.39 is 6.43 Å². The Labute approximate surface area is 110 Å². The van der Waals surface area contributed by atoms with Crippen molar-refractivity contribution in [3.63, 3.8) is 0 Å². The summed E-state index contributed by atoms with van der Waals surface area (Å²) in [7, 11) is 0. The molecule has 0 aliphatic rings. The van der Waals surface area contributed by atoms with E-state index in [1.165, 1.54) is 12.1 Å². The van der Waals surface area contributed by atoms with E-state index in [0.29, 0.717) is 22.7 Å². The summed E-state index contributed by atoms with van der Waals surface area (Å²) in [5.74, 6) is 0. The number of rotatable bonds is 5. The number of alkyl halides is 2. The third-order valence-corrected chi connectivity index (χ3v) is 2.24. The van der Waals surface area contributed by atoms with Crippen molar-refractivity contribution in [2.24, 2.45) is 10.2 Å². The summed E-state index contributed by atoms with van der Waals surface area (Å²) in [6.07, 6.45) is -1.48. The van der Waals surface area contributed by atoms with Gasteiger partial charge in [0.2, 0.25) is 0 Å². The minimum absolute atomic E-state index is 0.165. The molecule has 1 N–H and O–H groups in total. The van der Waals surface area contributed by atoms with Crippen molar-refractivity contribution in [2.75, 3.05) is 6.61 Å². The Bertz CT molecular complexity index is 507. The normalized spacial score (nSPS) is 12.9. The van der Waals surface area contributed by atoms with E-state index >= 15 is 0 Å². The Morgan fingerprint density at radius 3 is 2.47 bits per heavy atom. The minimum Gasteiger partial charge on any atom is -0.392 e.